The van der Waals surface area contributed by atoms with Crippen LogP contribution in [0.2, 0.25) is 5.02 Å². The number of hydrogen-bond acceptors (Lipinski definition) is 5. The van der Waals surface area contributed by atoms with Gasteiger partial charge in [0.05, 0.1) is 13.2 Å². The molecule has 1 heterocycles. The third kappa shape index (κ3) is 6.78. The second-order valence-electron chi connectivity index (χ2n) is 9.33. The minimum absolute atomic E-state index is 0.242. The van der Waals surface area contributed by atoms with Crippen molar-refractivity contribution in [3.63, 3.8) is 0 Å². The molecule has 0 aliphatic heterocycles. The number of hydrogen-bond donors (Lipinski definition) is 2. The summed E-state index contributed by atoms with van der Waals surface area (Å²) in [6, 6.07) is 14.5. The van der Waals surface area contributed by atoms with Gasteiger partial charge in [-0.3, -0.25) is 4.90 Å². The third-order valence-corrected chi connectivity index (χ3v) is 7.07. The molecule has 0 fully saturated rings. The molecular formula is C28H37ClN2O4. The molecule has 4 rings (SSSR count). The maximum absolute atomic E-state index is 10.5. The van der Waals surface area contributed by atoms with Gasteiger partial charge in [0.25, 0.3) is 0 Å². The highest BCUT2D eigenvalue weighted by Gasteiger charge is 2.24. The van der Waals surface area contributed by atoms with Gasteiger partial charge in [-0.25, -0.2) is 0 Å². The number of ether oxygens (including phenoxy) is 3. The summed E-state index contributed by atoms with van der Waals surface area (Å²) >= 11 is 6.29. The van der Waals surface area contributed by atoms with E-state index in [4.69, 9.17) is 25.8 Å². The van der Waals surface area contributed by atoms with Crippen molar-refractivity contribution in [3.8, 4) is 5.75 Å². The Balaban J connectivity index is 1.40. The molecule has 2 unspecified atom stereocenters. The minimum Gasteiger partial charge on any atom is -0.491 e. The van der Waals surface area contributed by atoms with Gasteiger partial charge >= 0.3 is 0 Å². The van der Waals surface area contributed by atoms with Gasteiger partial charge in [0.1, 0.15) is 18.5 Å². The van der Waals surface area contributed by atoms with E-state index in [0.717, 1.165) is 42.2 Å². The predicted octanol–water partition coefficient (Wildman–Crippen LogP) is 5.01. The van der Waals surface area contributed by atoms with Gasteiger partial charge in [-0.05, 0) is 60.7 Å². The number of aromatic amines is 1. The van der Waals surface area contributed by atoms with Crippen molar-refractivity contribution in [3.05, 3.63) is 64.3 Å². The summed E-state index contributed by atoms with van der Waals surface area (Å²) in [5.74, 6) is 1.10. The van der Waals surface area contributed by atoms with Crippen LogP contribution in [0.3, 0.4) is 0 Å². The van der Waals surface area contributed by atoms with E-state index < -0.39 is 6.10 Å². The van der Waals surface area contributed by atoms with Crippen LogP contribution in [0, 0.1) is 0 Å². The SMILES string of the molecule is COCCN(CCOC)CC(O)COc1ccc(C2CCCCc3c2[nH]c2ccc(Cl)cc32)cc1. The van der Waals surface area contributed by atoms with Crippen molar-refractivity contribution < 1.29 is 19.3 Å². The van der Waals surface area contributed by atoms with Crippen molar-refractivity contribution in [2.75, 3.05) is 53.7 Å². The zero-order chi connectivity index (χ0) is 24.6. The van der Waals surface area contributed by atoms with E-state index in [9.17, 15) is 5.11 Å². The number of fused-ring (bicyclic) bond motifs is 3. The molecule has 7 heteroatoms. The van der Waals surface area contributed by atoms with Crippen LogP contribution in [0.1, 0.15) is 42.0 Å². The molecule has 1 aromatic heterocycles. The molecule has 2 atom stereocenters. The Morgan fingerprint density at radius 3 is 2.51 bits per heavy atom. The molecule has 0 amide bonds. The second kappa shape index (κ2) is 12.7. The van der Waals surface area contributed by atoms with Crippen LogP contribution in [-0.2, 0) is 15.9 Å². The summed E-state index contributed by atoms with van der Waals surface area (Å²) < 4.78 is 16.3. The first-order chi connectivity index (χ1) is 17.1. The molecular weight excluding hydrogens is 464 g/mol. The van der Waals surface area contributed by atoms with Crippen molar-refractivity contribution in [1.29, 1.82) is 0 Å². The number of benzene rings is 2. The van der Waals surface area contributed by atoms with E-state index in [2.05, 4.69) is 34.1 Å². The quantitative estimate of drug-likeness (QED) is 0.342. The van der Waals surface area contributed by atoms with Gasteiger partial charge in [-0.1, -0.05) is 30.2 Å². The first kappa shape index (κ1) is 26.0. The number of aliphatic hydroxyl groups excluding tert-OH is 1. The summed E-state index contributed by atoms with van der Waals surface area (Å²) in [6.45, 7) is 3.48. The van der Waals surface area contributed by atoms with E-state index in [0.29, 0.717) is 25.7 Å². The van der Waals surface area contributed by atoms with Crippen LogP contribution in [0.15, 0.2) is 42.5 Å². The van der Waals surface area contributed by atoms with E-state index in [1.807, 2.05) is 18.2 Å². The van der Waals surface area contributed by atoms with Crippen LogP contribution in [0.4, 0.5) is 0 Å². The molecule has 6 nitrogen and oxygen atoms in total. The lowest BCUT2D eigenvalue weighted by molar-refractivity contribution is 0.0460. The highest BCUT2D eigenvalue weighted by atomic mass is 35.5. The summed E-state index contributed by atoms with van der Waals surface area (Å²) in [7, 11) is 3.36. The Morgan fingerprint density at radius 1 is 1.06 bits per heavy atom. The number of H-pyrrole nitrogens is 1. The number of aryl methyl sites for hydroxylation is 1. The fraction of sp³-hybridized carbons (Fsp3) is 0.500. The summed E-state index contributed by atoms with van der Waals surface area (Å²) in [5.41, 5.74) is 5.16. The largest absolute Gasteiger partial charge is 0.491 e. The Bertz CT molecular complexity index is 1060. The lowest BCUT2D eigenvalue weighted by atomic mass is 9.91. The smallest absolute Gasteiger partial charge is 0.119 e. The van der Waals surface area contributed by atoms with Crippen LogP contribution < -0.4 is 4.74 Å². The number of methoxy groups -OCH3 is 2. The Labute approximate surface area is 213 Å². The van der Waals surface area contributed by atoms with Crippen LogP contribution in [-0.4, -0.2) is 74.8 Å². The van der Waals surface area contributed by atoms with E-state index in [-0.39, 0.29) is 6.61 Å². The van der Waals surface area contributed by atoms with E-state index in [1.165, 1.54) is 35.0 Å². The van der Waals surface area contributed by atoms with Crippen molar-refractivity contribution in [1.82, 2.24) is 9.88 Å². The molecule has 2 aromatic carbocycles. The van der Waals surface area contributed by atoms with Gasteiger partial charge in [0.2, 0.25) is 0 Å². The molecule has 35 heavy (non-hydrogen) atoms. The predicted molar refractivity (Wildman–Crippen MR) is 141 cm³/mol. The normalized spacial score (nSPS) is 16.9. The van der Waals surface area contributed by atoms with E-state index >= 15 is 0 Å². The van der Waals surface area contributed by atoms with Gasteiger partial charge in [0, 0.05) is 61.4 Å². The summed E-state index contributed by atoms with van der Waals surface area (Å²) in [4.78, 5) is 5.81. The molecule has 0 saturated heterocycles. The Hall–Kier alpha value is -2.09. The van der Waals surface area contributed by atoms with Crippen LogP contribution in [0.25, 0.3) is 10.9 Å². The zero-order valence-electron chi connectivity index (χ0n) is 20.8. The topological polar surface area (TPSA) is 67.0 Å². The molecule has 0 spiro atoms. The third-order valence-electron chi connectivity index (χ3n) is 6.84. The Kier molecular flexibility index (Phi) is 9.46. The summed E-state index contributed by atoms with van der Waals surface area (Å²) in [6.07, 6.45) is 3.99. The van der Waals surface area contributed by atoms with Gasteiger partial charge in [0.15, 0.2) is 0 Å². The van der Waals surface area contributed by atoms with Crippen molar-refractivity contribution >= 4 is 22.5 Å². The average molecular weight is 501 g/mol. The molecule has 0 bridgehead atoms. The minimum atomic E-state index is -0.592. The monoisotopic (exact) mass is 500 g/mol. The zero-order valence-corrected chi connectivity index (χ0v) is 21.5. The van der Waals surface area contributed by atoms with Gasteiger partial charge in [-0.2, -0.15) is 0 Å². The number of halogens is 1. The molecule has 3 aromatic rings. The highest BCUT2D eigenvalue weighted by molar-refractivity contribution is 6.31. The second-order valence-corrected chi connectivity index (χ2v) is 9.76. The van der Waals surface area contributed by atoms with Crippen molar-refractivity contribution in [2.24, 2.45) is 0 Å². The van der Waals surface area contributed by atoms with Crippen LogP contribution >= 0.6 is 11.6 Å². The number of nitrogens with zero attached hydrogens (tertiary/aromatic N) is 1. The number of rotatable bonds is 12. The summed E-state index contributed by atoms with van der Waals surface area (Å²) in [5, 5.41) is 12.5. The maximum Gasteiger partial charge on any atom is 0.119 e. The van der Waals surface area contributed by atoms with E-state index in [1.54, 1.807) is 14.2 Å². The first-order valence-corrected chi connectivity index (χ1v) is 12.9. The fourth-order valence-corrected chi connectivity index (χ4v) is 5.18. The Morgan fingerprint density at radius 2 is 1.80 bits per heavy atom. The fourth-order valence-electron chi connectivity index (χ4n) is 5.01. The molecule has 1 aliphatic carbocycles. The highest BCUT2D eigenvalue weighted by Crippen LogP contribution is 2.39. The van der Waals surface area contributed by atoms with Gasteiger partial charge < -0.3 is 24.3 Å². The average Bonchev–Trinajstić information content (AvgIpc) is 3.08. The van der Waals surface area contributed by atoms with Gasteiger partial charge in [-0.15, -0.1) is 0 Å². The standard InChI is InChI=1S/C28H37ClN2O4/c1-33-15-13-31(14-16-34-2)18-22(32)19-35-23-10-7-20(8-11-23)24-5-3-4-6-25-26-17-21(29)9-12-27(26)30-28(24)25/h7-12,17,22,24,30,32H,3-6,13-16,18-19H2,1-2H3. The lowest BCUT2D eigenvalue weighted by Crippen LogP contribution is -2.39. The molecule has 190 valence electrons. The lowest BCUT2D eigenvalue weighted by Gasteiger charge is -2.24. The molecule has 2 N–H and O–H groups in total. The molecule has 0 saturated carbocycles. The molecule has 0 radical (unpaired) electrons. The number of aromatic nitrogens is 1. The number of nitrogens with one attached hydrogen (secondary N) is 1. The first-order valence-electron chi connectivity index (χ1n) is 12.5. The maximum atomic E-state index is 10.5. The van der Waals surface area contributed by atoms with Crippen LogP contribution in [0.5, 0.6) is 5.75 Å². The molecule has 1 aliphatic rings. The number of aliphatic hydroxyl groups is 1. The van der Waals surface area contributed by atoms with Crippen molar-refractivity contribution in [2.45, 2.75) is 37.7 Å².